The van der Waals surface area contributed by atoms with Crippen LogP contribution in [0.1, 0.15) is 88.2 Å². The number of hydrogen-bond acceptors (Lipinski definition) is 6. The number of nitrogens with one attached hydrogen (secondary N) is 1. The van der Waals surface area contributed by atoms with Crippen molar-refractivity contribution < 1.29 is 14.3 Å². The average Bonchev–Trinajstić information content (AvgIpc) is 3.37. The molecule has 1 aromatic heterocycles. The molecule has 6 nitrogen and oxygen atoms in total. The van der Waals surface area contributed by atoms with Crippen molar-refractivity contribution in [2.75, 3.05) is 6.54 Å². The van der Waals surface area contributed by atoms with Gasteiger partial charge in [-0.15, -0.1) is 0 Å². The average molecular weight is 514 g/mol. The smallest absolute Gasteiger partial charge is 0.277 e. The maximum atomic E-state index is 13.0. The molecule has 1 amide bonds. The minimum Gasteiger partial charge on any atom is -0.438 e. The topological polar surface area (TPSA) is 63.7 Å². The molecule has 0 bridgehead atoms. The number of carbonyl (C=O) groups excluding carboxylic acids is 1. The molecule has 1 aromatic carbocycles. The predicted molar refractivity (Wildman–Crippen MR) is 147 cm³/mol. The second-order valence-corrected chi connectivity index (χ2v) is 12.2. The molecule has 1 N–H and O–H groups in total. The van der Waals surface area contributed by atoms with Crippen LogP contribution in [0.25, 0.3) is 0 Å². The van der Waals surface area contributed by atoms with Gasteiger partial charge in [0.15, 0.2) is 5.88 Å². The van der Waals surface area contributed by atoms with Crippen molar-refractivity contribution >= 4 is 17.2 Å². The minimum atomic E-state index is -0.491. The first kappa shape index (κ1) is 28.0. The van der Waals surface area contributed by atoms with E-state index in [0.717, 1.165) is 37.0 Å². The van der Waals surface area contributed by atoms with Crippen LogP contribution in [0.15, 0.2) is 42.8 Å². The van der Waals surface area contributed by atoms with Crippen LogP contribution in [-0.4, -0.2) is 40.2 Å². The molecule has 1 fully saturated rings. The van der Waals surface area contributed by atoms with Gasteiger partial charge in [0.25, 0.3) is 17.4 Å². The summed E-state index contributed by atoms with van der Waals surface area (Å²) in [6.07, 6.45) is 5.66. The zero-order valence-electron chi connectivity index (χ0n) is 22.8. The van der Waals surface area contributed by atoms with Crippen LogP contribution in [0.5, 0.6) is 5.19 Å². The van der Waals surface area contributed by atoms with Crippen molar-refractivity contribution in [1.82, 2.24) is 15.2 Å². The molecular weight excluding hydrogens is 470 g/mol. The molecule has 7 heteroatoms. The number of amides is 1. The molecule has 36 heavy (non-hydrogen) atoms. The summed E-state index contributed by atoms with van der Waals surface area (Å²) in [7, 11) is 0. The van der Waals surface area contributed by atoms with Crippen LogP contribution in [0, 0.1) is 5.92 Å². The number of rotatable bonds is 12. The molecule has 2 unspecified atom stereocenters. The van der Waals surface area contributed by atoms with Crippen LogP contribution in [0.3, 0.4) is 0 Å². The Morgan fingerprint density at radius 2 is 1.92 bits per heavy atom. The number of hydrogen-bond donors (Lipinski definition) is 1. The molecule has 198 valence electrons. The second kappa shape index (κ2) is 12.6. The Kier molecular flexibility index (Phi) is 9.83. The summed E-state index contributed by atoms with van der Waals surface area (Å²) in [6, 6.07) is 10.8. The summed E-state index contributed by atoms with van der Waals surface area (Å²) in [5.41, 5.74) is 1.46. The lowest BCUT2D eigenvalue weighted by Gasteiger charge is -2.24. The SMILES string of the molecule is C=C1OC(Oc2nc(C(=O)NC(C)(C)C)c(CCCCC(C)C)s2)CN1C(C)CCc1ccccc1. The highest BCUT2D eigenvalue weighted by Gasteiger charge is 2.33. The molecule has 1 saturated heterocycles. The molecular formula is C29H43N3O3S. The number of aromatic nitrogens is 1. The van der Waals surface area contributed by atoms with Crippen LogP contribution in [0.4, 0.5) is 0 Å². The van der Waals surface area contributed by atoms with Gasteiger partial charge in [0, 0.05) is 16.5 Å². The predicted octanol–water partition coefficient (Wildman–Crippen LogP) is 6.57. The molecule has 0 aliphatic carbocycles. The molecule has 2 atom stereocenters. The molecule has 2 heterocycles. The lowest BCUT2D eigenvalue weighted by atomic mass is 10.0. The van der Waals surface area contributed by atoms with Gasteiger partial charge in [0.1, 0.15) is 5.69 Å². The van der Waals surface area contributed by atoms with Gasteiger partial charge in [-0.3, -0.25) is 4.79 Å². The quantitative estimate of drug-likeness (QED) is 0.325. The van der Waals surface area contributed by atoms with Crippen molar-refractivity contribution in [1.29, 1.82) is 0 Å². The zero-order valence-corrected chi connectivity index (χ0v) is 23.6. The van der Waals surface area contributed by atoms with Gasteiger partial charge in [0.2, 0.25) is 0 Å². The monoisotopic (exact) mass is 513 g/mol. The Balaban J connectivity index is 1.62. The van der Waals surface area contributed by atoms with Crippen LogP contribution < -0.4 is 10.1 Å². The number of aryl methyl sites for hydroxylation is 2. The molecule has 0 saturated carbocycles. The largest absolute Gasteiger partial charge is 0.438 e. The minimum absolute atomic E-state index is 0.152. The highest BCUT2D eigenvalue weighted by atomic mass is 32.1. The summed E-state index contributed by atoms with van der Waals surface area (Å²) < 4.78 is 12.1. The first-order chi connectivity index (χ1) is 17.0. The van der Waals surface area contributed by atoms with Crippen molar-refractivity contribution in [3.63, 3.8) is 0 Å². The fraction of sp³-hybridized carbons (Fsp3) is 0.586. The van der Waals surface area contributed by atoms with E-state index in [1.165, 1.54) is 23.3 Å². The third kappa shape index (κ3) is 8.54. The van der Waals surface area contributed by atoms with E-state index < -0.39 is 6.29 Å². The standard InChI is InChI=1S/C29H43N3O3S/c1-20(2)13-11-12-16-24-26(27(33)31-29(5,6)7)30-28(36-24)35-25-19-32(22(4)34-25)21(3)17-18-23-14-9-8-10-15-23/h8-10,14-15,20-21,25H,4,11-13,16-19H2,1-3,5-7H3,(H,31,33). The van der Waals surface area contributed by atoms with E-state index in [2.05, 4.69) is 66.8 Å². The van der Waals surface area contributed by atoms with Gasteiger partial charge < -0.3 is 19.7 Å². The number of ether oxygens (including phenoxy) is 2. The van der Waals surface area contributed by atoms with E-state index in [1.807, 2.05) is 26.8 Å². The Labute approximate surface area is 221 Å². The summed E-state index contributed by atoms with van der Waals surface area (Å²) in [6.45, 7) is 17.3. The van der Waals surface area contributed by atoms with E-state index in [4.69, 9.17) is 9.47 Å². The van der Waals surface area contributed by atoms with Gasteiger partial charge >= 0.3 is 0 Å². The first-order valence-corrected chi connectivity index (χ1v) is 14.0. The highest BCUT2D eigenvalue weighted by molar-refractivity contribution is 7.13. The van der Waals surface area contributed by atoms with Crippen LogP contribution in [0.2, 0.25) is 0 Å². The lowest BCUT2D eigenvalue weighted by molar-refractivity contribution is -0.00489. The van der Waals surface area contributed by atoms with Gasteiger partial charge in [-0.2, -0.15) is 4.98 Å². The van der Waals surface area contributed by atoms with E-state index in [9.17, 15) is 4.79 Å². The Morgan fingerprint density at radius 1 is 1.19 bits per heavy atom. The van der Waals surface area contributed by atoms with E-state index in [1.54, 1.807) is 0 Å². The number of benzene rings is 1. The third-order valence-electron chi connectivity index (χ3n) is 6.21. The number of thiazole rings is 1. The number of carbonyl (C=O) groups is 1. The Morgan fingerprint density at radius 3 is 2.58 bits per heavy atom. The van der Waals surface area contributed by atoms with E-state index >= 15 is 0 Å². The highest BCUT2D eigenvalue weighted by Crippen LogP contribution is 2.31. The Bertz CT molecular complexity index is 997. The number of nitrogens with zero attached hydrogens (tertiary/aromatic N) is 2. The lowest BCUT2D eigenvalue weighted by Crippen LogP contribution is -2.41. The first-order valence-electron chi connectivity index (χ1n) is 13.2. The van der Waals surface area contributed by atoms with Gasteiger partial charge in [-0.25, -0.2) is 0 Å². The summed E-state index contributed by atoms with van der Waals surface area (Å²) in [5.74, 6) is 1.15. The third-order valence-corrected chi connectivity index (χ3v) is 7.21. The van der Waals surface area contributed by atoms with Gasteiger partial charge in [-0.1, -0.05) is 68.4 Å². The molecule has 0 spiro atoms. The van der Waals surface area contributed by atoms with Crippen LogP contribution >= 0.6 is 11.3 Å². The summed E-state index contributed by atoms with van der Waals surface area (Å²) >= 11 is 1.46. The summed E-state index contributed by atoms with van der Waals surface area (Å²) in [5, 5.41) is 3.52. The molecule has 1 aliphatic heterocycles. The van der Waals surface area contributed by atoms with Crippen molar-refractivity contribution in [2.45, 2.75) is 97.9 Å². The molecule has 0 radical (unpaired) electrons. The maximum absolute atomic E-state index is 13.0. The Hall–Kier alpha value is -2.54. The molecule has 3 rings (SSSR count). The summed E-state index contributed by atoms with van der Waals surface area (Å²) in [4.78, 5) is 20.7. The fourth-order valence-electron chi connectivity index (χ4n) is 4.26. The van der Waals surface area contributed by atoms with E-state index in [0.29, 0.717) is 29.2 Å². The zero-order chi connectivity index (χ0) is 26.3. The van der Waals surface area contributed by atoms with E-state index in [-0.39, 0.29) is 17.5 Å². The molecule has 2 aromatic rings. The van der Waals surface area contributed by atoms with Crippen molar-refractivity contribution in [2.24, 2.45) is 5.92 Å². The van der Waals surface area contributed by atoms with Gasteiger partial charge in [0.05, 0.1) is 6.54 Å². The maximum Gasteiger partial charge on any atom is 0.277 e. The molecule has 1 aliphatic rings. The normalized spacial score (nSPS) is 16.8. The van der Waals surface area contributed by atoms with Crippen molar-refractivity contribution in [3.05, 3.63) is 58.9 Å². The van der Waals surface area contributed by atoms with Crippen molar-refractivity contribution in [3.8, 4) is 5.19 Å². The fourth-order valence-corrected chi connectivity index (χ4v) is 5.24. The number of unbranched alkanes of at least 4 members (excludes halogenated alkanes) is 1. The van der Waals surface area contributed by atoms with Crippen LogP contribution in [-0.2, 0) is 17.6 Å². The second-order valence-electron chi connectivity index (χ2n) is 11.2. The van der Waals surface area contributed by atoms with Gasteiger partial charge in [-0.05, 0) is 71.4 Å².